The van der Waals surface area contributed by atoms with Crippen molar-refractivity contribution in [2.45, 2.75) is 96.0 Å². The number of aliphatic hydroxyl groups is 2. The third kappa shape index (κ3) is 6.42. The molecule has 1 saturated carbocycles. The molecule has 32 heavy (non-hydrogen) atoms. The third-order valence-electron chi connectivity index (χ3n) is 6.29. The van der Waals surface area contributed by atoms with Crippen molar-refractivity contribution in [3.63, 3.8) is 0 Å². The fourth-order valence-corrected chi connectivity index (χ4v) is 4.11. The van der Waals surface area contributed by atoms with Crippen LogP contribution >= 0.6 is 0 Å². The Balaban J connectivity index is 1.62. The van der Waals surface area contributed by atoms with Crippen LogP contribution in [0.1, 0.15) is 71.9 Å². The normalized spacial score (nSPS) is 21.6. The number of imidazole rings is 1. The highest BCUT2D eigenvalue weighted by Crippen LogP contribution is 2.41. The summed E-state index contributed by atoms with van der Waals surface area (Å²) in [5.41, 5.74) is -1.16. The Labute approximate surface area is 190 Å². The van der Waals surface area contributed by atoms with Gasteiger partial charge in [-0.05, 0) is 72.1 Å². The van der Waals surface area contributed by atoms with Gasteiger partial charge in [-0.15, -0.1) is 0 Å². The van der Waals surface area contributed by atoms with Crippen molar-refractivity contribution >= 4 is 12.0 Å². The summed E-state index contributed by atoms with van der Waals surface area (Å²) in [7, 11) is 0. The Bertz CT molecular complexity index is 835. The Morgan fingerprint density at radius 1 is 1.25 bits per heavy atom. The van der Waals surface area contributed by atoms with Gasteiger partial charge < -0.3 is 19.8 Å². The number of carbonyl (C=O) groups excluding carboxylic acids is 2. The van der Waals surface area contributed by atoms with E-state index in [2.05, 4.69) is 17.1 Å². The minimum absolute atomic E-state index is 0.0106. The van der Waals surface area contributed by atoms with E-state index in [4.69, 9.17) is 4.74 Å². The summed E-state index contributed by atoms with van der Waals surface area (Å²) in [4.78, 5) is 31.3. The van der Waals surface area contributed by atoms with Crippen molar-refractivity contribution in [2.75, 3.05) is 6.54 Å². The number of rotatable bonds is 8. The fourth-order valence-electron chi connectivity index (χ4n) is 4.11. The molecule has 1 amide bonds. The molecule has 0 radical (unpaired) electrons. The minimum atomic E-state index is -1.19. The summed E-state index contributed by atoms with van der Waals surface area (Å²) in [5.74, 6) is 0.0142. The molecule has 178 valence electrons. The topological polar surface area (TPSA) is 105 Å². The van der Waals surface area contributed by atoms with E-state index >= 15 is 0 Å². The number of nitrogens with zero attached hydrogens (tertiary/aromatic N) is 3. The fraction of sp³-hybridized carbons (Fsp3) is 0.708. The molecule has 0 bridgehead atoms. The number of ether oxygens (including phenoxy) is 1. The van der Waals surface area contributed by atoms with Gasteiger partial charge in [0.15, 0.2) is 0 Å². The molecular formula is C24H37N3O5. The van der Waals surface area contributed by atoms with E-state index in [9.17, 15) is 19.8 Å². The summed E-state index contributed by atoms with van der Waals surface area (Å²) in [6, 6.07) is 0.0106. The lowest BCUT2D eigenvalue weighted by Gasteiger charge is -2.38. The first-order valence-corrected chi connectivity index (χ1v) is 11.6. The van der Waals surface area contributed by atoms with Gasteiger partial charge in [-0.3, -0.25) is 4.79 Å². The maximum atomic E-state index is 13.2. The van der Waals surface area contributed by atoms with Crippen LogP contribution in [0.5, 0.6) is 0 Å². The van der Waals surface area contributed by atoms with Crippen LogP contribution in [-0.4, -0.2) is 66.6 Å². The Kier molecular flexibility index (Phi) is 7.45. The predicted octanol–water partition coefficient (Wildman–Crippen LogP) is 3.06. The van der Waals surface area contributed by atoms with Gasteiger partial charge in [0.05, 0.1) is 11.3 Å². The standard InChI is InChI=1S/C24H37N3O5/c1-23(2,3)32-22(30)26-14-18(25-16-26)12-13-21(29)27(19-8-6-5-7-9-19)15-20(28)24(4,31)17-10-11-17/h5-6,14,16-17,19-20,28,31H,7-13,15H2,1-4H3/t19-,20?,24?/m1/s1. The highest BCUT2D eigenvalue weighted by molar-refractivity contribution is 5.77. The van der Waals surface area contributed by atoms with E-state index in [0.717, 1.165) is 32.1 Å². The van der Waals surface area contributed by atoms with E-state index in [1.54, 1.807) is 38.8 Å². The molecule has 0 aromatic carbocycles. The number of aryl methyl sites for hydroxylation is 1. The summed E-state index contributed by atoms with van der Waals surface area (Å²) >= 11 is 0. The molecule has 1 aromatic rings. The van der Waals surface area contributed by atoms with E-state index in [-0.39, 0.29) is 30.8 Å². The molecule has 3 atom stereocenters. The number of allylic oxidation sites excluding steroid dienone is 1. The molecule has 8 heteroatoms. The highest BCUT2D eigenvalue weighted by Gasteiger charge is 2.46. The molecule has 1 fully saturated rings. The number of aromatic nitrogens is 2. The molecule has 0 aliphatic heterocycles. The lowest BCUT2D eigenvalue weighted by atomic mass is 9.91. The number of hydrogen-bond acceptors (Lipinski definition) is 6. The Morgan fingerprint density at radius 3 is 2.56 bits per heavy atom. The largest absolute Gasteiger partial charge is 0.443 e. The van der Waals surface area contributed by atoms with E-state index in [1.807, 2.05) is 0 Å². The van der Waals surface area contributed by atoms with E-state index in [0.29, 0.717) is 12.1 Å². The number of carbonyl (C=O) groups is 2. The Hall–Kier alpha value is -2.19. The van der Waals surface area contributed by atoms with Gasteiger partial charge in [0.2, 0.25) is 5.91 Å². The van der Waals surface area contributed by atoms with Gasteiger partial charge >= 0.3 is 6.09 Å². The SMILES string of the molecule is CC(C)(C)OC(=O)n1cnc(CCC(=O)N(CC(O)C(C)(O)C2CC2)[C@@H]2CC=CCC2)c1. The summed E-state index contributed by atoms with van der Waals surface area (Å²) in [6.07, 6.45) is 10.5. The molecule has 2 aliphatic carbocycles. The zero-order valence-corrected chi connectivity index (χ0v) is 19.7. The summed E-state index contributed by atoms with van der Waals surface area (Å²) in [5, 5.41) is 21.5. The van der Waals surface area contributed by atoms with Crippen molar-refractivity contribution in [3.8, 4) is 0 Å². The van der Waals surface area contributed by atoms with Gasteiger partial charge in [0, 0.05) is 25.2 Å². The van der Waals surface area contributed by atoms with Gasteiger partial charge in [0.25, 0.3) is 0 Å². The number of hydrogen-bond donors (Lipinski definition) is 2. The lowest BCUT2D eigenvalue weighted by molar-refractivity contribution is -0.141. The minimum Gasteiger partial charge on any atom is -0.443 e. The van der Waals surface area contributed by atoms with Crippen LogP contribution in [0.2, 0.25) is 0 Å². The predicted molar refractivity (Wildman–Crippen MR) is 120 cm³/mol. The smallest absolute Gasteiger partial charge is 0.419 e. The monoisotopic (exact) mass is 447 g/mol. The maximum absolute atomic E-state index is 13.2. The number of aliphatic hydroxyl groups excluding tert-OH is 1. The van der Waals surface area contributed by atoms with Gasteiger partial charge in [-0.1, -0.05) is 12.2 Å². The molecule has 2 unspecified atom stereocenters. The van der Waals surface area contributed by atoms with Crippen molar-refractivity contribution < 1.29 is 24.5 Å². The summed E-state index contributed by atoms with van der Waals surface area (Å²) in [6.45, 7) is 7.18. The van der Waals surface area contributed by atoms with Crippen LogP contribution in [0.25, 0.3) is 0 Å². The quantitative estimate of drug-likeness (QED) is 0.594. The van der Waals surface area contributed by atoms with Crippen LogP contribution < -0.4 is 0 Å². The molecule has 3 rings (SSSR count). The average molecular weight is 448 g/mol. The molecule has 2 aliphatic rings. The van der Waals surface area contributed by atoms with Crippen molar-refractivity contribution in [1.82, 2.24) is 14.5 Å². The van der Waals surface area contributed by atoms with E-state index < -0.39 is 23.4 Å². The second kappa shape index (κ2) is 9.75. The first kappa shape index (κ1) is 24.5. The van der Waals surface area contributed by atoms with E-state index in [1.165, 1.54) is 10.9 Å². The van der Waals surface area contributed by atoms with Crippen molar-refractivity contribution in [1.29, 1.82) is 0 Å². The molecule has 8 nitrogen and oxygen atoms in total. The molecule has 1 aromatic heterocycles. The lowest BCUT2D eigenvalue weighted by Crippen LogP contribution is -2.52. The van der Waals surface area contributed by atoms with Crippen LogP contribution in [0.4, 0.5) is 4.79 Å². The third-order valence-corrected chi connectivity index (χ3v) is 6.29. The average Bonchev–Trinajstić information content (AvgIpc) is 3.48. The highest BCUT2D eigenvalue weighted by atomic mass is 16.6. The first-order valence-electron chi connectivity index (χ1n) is 11.6. The zero-order chi connectivity index (χ0) is 23.5. The second-order valence-corrected chi connectivity index (χ2v) is 10.3. The molecule has 2 N–H and O–H groups in total. The van der Waals surface area contributed by atoms with Crippen LogP contribution in [-0.2, 0) is 16.0 Å². The van der Waals surface area contributed by atoms with Crippen LogP contribution in [0.15, 0.2) is 24.7 Å². The van der Waals surface area contributed by atoms with Crippen LogP contribution in [0, 0.1) is 5.92 Å². The van der Waals surface area contributed by atoms with Gasteiger partial charge in [-0.2, -0.15) is 0 Å². The van der Waals surface area contributed by atoms with Crippen molar-refractivity contribution in [2.24, 2.45) is 5.92 Å². The van der Waals surface area contributed by atoms with Crippen LogP contribution in [0.3, 0.4) is 0 Å². The zero-order valence-electron chi connectivity index (χ0n) is 19.7. The Morgan fingerprint density at radius 2 is 1.97 bits per heavy atom. The van der Waals surface area contributed by atoms with Crippen molar-refractivity contribution in [3.05, 3.63) is 30.4 Å². The number of amides is 1. The first-order chi connectivity index (χ1) is 15.0. The van der Waals surface area contributed by atoms with Gasteiger partial charge in [-0.25, -0.2) is 14.3 Å². The molecule has 1 heterocycles. The molecular weight excluding hydrogens is 410 g/mol. The van der Waals surface area contributed by atoms with Gasteiger partial charge in [0.1, 0.15) is 18.0 Å². The maximum Gasteiger partial charge on any atom is 0.419 e. The second-order valence-electron chi connectivity index (χ2n) is 10.3. The molecule has 0 saturated heterocycles. The molecule has 0 spiro atoms. The summed E-state index contributed by atoms with van der Waals surface area (Å²) < 4.78 is 6.61.